The quantitative estimate of drug-likeness (QED) is 0.0281. The Kier molecular flexibility index (Phi) is 23.2. The predicted octanol–water partition coefficient (Wildman–Crippen LogP) is -4.21. The lowest BCUT2D eigenvalue weighted by Crippen LogP contribution is -2.61. The molecule has 1 aliphatic heterocycles. The Bertz CT molecular complexity index is 2000. The summed E-state index contributed by atoms with van der Waals surface area (Å²) in [7, 11) is 0. The van der Waals surface area contributed by atoms with E-state index in [4.69, 9.17) is 17.2 Å². The number of hydrogen-bond acceptors (Lipinski definition) is 13. The number of likely N-dealkylation sites (tertiary alicyclic amines) is 1. The van der Waals surface area contributed by atoms with E-state index in [1.165, 1.54) is 18.7 Å². The van der Waals surface area contributed by atoms with Crippen LogP contribution in [-0.4, -0.2) is 143 Å². The van der Waals surface area contributed by atoms with Crippen molar-refractivity contribution in [1.29, 1.82) is 0 Å². The minimum Gasteiger partial charge on any atom is -0.394 e. The molecule has 2 rings (SSSR count). The molecular weight excluding hydrogens is 891 g/mol. The molecule has 24 nitrogen and oxygen atoms in total. The maximum atomic E-state index is 14.5. The number of aliphatic hydroxyl groups excluding tert-OH is 1. The summed E-state index contributed by atoms with van der Waals surface area (Å²) in [6, 6.07) is -2.80. The van der Waals surface area contributed by atoms with Crippen molar-refractivity contribution in [3.8, 4) is 0 Å². The second kappa shape index (κ2) is 27.6. The van der Waals surface area contributed by atoms with Gasteiger partial charge in [-0.2, -0.15) is 0 Å². The molecule has 14 N–H and O–H groups in total. The highest BCUT2D eigenvalue weighted by atomic mass is 16.3. The van der Waals surface area contributed by atoms with Gasteiger partial charge in [0.05, 0.1) is 13.0 Å². The van der Waals surface area contributed by atoms with E-state index in [9.17, 15) is 62.6 Å². The Morgan fingerprint density at radius 3 is 1.75 bits per heavy atom. The van der Waals surface area contributed by atoms with Gasteiger partial charge < -0.3 is 64.4 Å². The molecule has 0 saturated carbocycles. The molecule has 24 heteroatoms. The molecule has 9 atom stereocenters. The number of nitrogens with zero attached hydrogens (tertiary/aromatic N) is 1. The molecule has 1 aliphatic rings. The SMILES string of the molecule is CC[C@H](C)[C@H](NC(=O)[C@@H]1CCCN1C(=O)[C@H](Cc1ccccc1)NC(=O)[C@H](CC(N)=O)NC(=O)[C@H](CCC(N)=O)NC(=O)[C@H](CO)NC(=O)[C@@H](NC(=O)C=O)C(C)C)C(=O)N[C@H](C(N)=O)C(C)C. The maximum absolute atomic E-state index is 14.5. The van der Waals surface area contributed by atoms with Crippen molar-refractivity contribution in [1.82, 2.24) is 42.1 Å². The summed E-state index contributed by atoms with van der Waals surface area (Å²) < 4.78 is 0. The topological polar surface area (TPSA) is 391 Å². The van der Waals surface area contributed by atoms with Gasteiger partial charge in [-0.25, -0.2) is 0 Å². The number of benzene rings is 1. The van der Waals surface area contributed by atoms with Gasteiger partial charge in [-0.05, 0) is 42.6 Å². The van der Waals surface area contributed by atoms with Gasteiger partial charge in [0.1, 0.15) is 48.3 Å². The van der Waals surface area contributed by atoms with Gasteiger partial charge in [-0.15, -0.1) is 0 Å². The van der Waals surface area contributed by atoms with Crippen LogP contribution in [0.3, 0.4) is 0 Å². The minimum absolute atomic E-state index is 0.0639. The largest absolute Gasteiger partial charge is 0.394 e. The van der Waals surface area contributed by atoms with E-state index in [2.05, 4.69) is 37.2 Å². The van der Waals surface area contributed by atoms with Gasteiger partial charge in [0.25, 0.3) is 5.91 Å². The zero-order valence-electron chi connectivity index (χ0n) is 39.2. The van der Waals surface area contributed by atoms with E-state index in [1.54, 1.807) is 58.0 Å². The van der Waals surface area contributed by atoms with E-state index >= 15 is 0 Å². The molecule has 1 fully saturated rings. The molecule has 0 aliphatic carbocycles. The molecule has 0 radical (unpaired) electrons. The van der Waals surface area contributed by atoms with Crippen molar-refractivity contribution in [3.05, 3.63) is 35.9 Å². The number of carbonyl (C=O) groups is 12. The number of aldehydes is 1. The van der Waals surface area contributed by atoms with Crippen LogP contribution >= 0.6 is 0 Å². The van der Waals surface area contributed by atoms with E-state index < -0.39 is 151 Å². The van der Waals surface area contributed by atoms with E-state index in [0.717, 1.165) is 0 Å². The number of carbonyl (C=O) groups excluding carboxylic acids is 12. The molecule has 376 valence electrons. The summed E-state index contributed by atoms with van der Waals surface area (Å²) in [5, 5.41) is 26.9. The Labute approximate surface area is 394 Å². The predicted molar refractivity (Wildman–Crippen MR) is 242 cm³/mol. The van der Waals surface area contributed by atoms with Crippen LogP contribution in [0.1, 0.15) is 85.6 Å². The Balaban J connectivity index is 2.43. The first-order valence-corrected chi connectivity index (χ1v) is 22.3. The van der Waals surface area contributed by atoms with Crippen LogP contribution in [0.15, 0.2) is 30.3 Å². The zero-order chi connectivity index (χ0) is 51.4. The zero-order valence-corrected chi connectivity index (χ0v) is 39.2. The number of primary amides is 3. The van der Waals surface area contributed by atoms with Gasteiger partial charge in [0, 0.05) is 19.4 Å². The molecular formula is C44H67N11O13. The van der Waals surface area contributed by atoms with Crippen LogP contribution in [0.5, 0.6) is 0 Å². The normalized spacial score (nSPS) is 16.8. The molecule has 11 amide bonds. The molecule has 1 saturated heterocycles. The lowest BCUT2D eigenvalue weighted by atomic mass is 9.96. The van der Waals surface area contributed by atoms with Crippen molar-refractivity contribution in [3.63, 3.8) is 0 Å². The smallest absolute Gasteiger partial charge is 0.284 e. The fourth-order valence-corrected chi connectivity index (χ4v) is 7.27. The first kappa shape index (κ1) is 57.1. The summed E-state index contributed by atoms with van der Waals surface area (Å²) in [6.45, 7) is 9.02. The van der Waals surface area contributed by atoms with E-state index in [1.807, 2.05) is 0 Å². The van der Waals surface area contributed by atoms with Gasteiger partial charge in [-0.1, -0.05) is 78.3 Å². The molecule has 0 unspecified atom stereocenters. The van der Waals surface area contributed by atoms with Crippen molar-refractivity contribution < 1.29 is 62.6 Å². The van der Waals surface area contributed by atoms with Crippen molar-refractivity contribution in [2.45, 2.75) is 135 Å². The van der Waals surface area contributed by atoms with Gasteiger partial charge in [-0.3, -0.25) is 57.5 Å². The third-order valence-electron chi connectivity index (χ3n) is 11.3. The summed E-state index contributed by atoms with van der Waals surface area (Å²) in [5.41, 5.74) is 16.9. The molecule has 1 aromatic carbocycles. The maximum Gasteiger partial charge on any atom is 0.284 e. The second-order valence-electron chi connectivity index (χ2n) is 17.3. The number of nitrogens with one attached hydrogen (secondary N) is 7. The lowest BCUT2D eigenvalue weighted by molar-refractivity contribution is -0.143. The Morgan fingerprint density at radius 2 is 1.22 bits per heavy atom. The first-order chi connectivity index (χ1) is 31.9. The molecule has 0 spiro atoms. The highest BCUT2D eigenvalue weighted by Crippen LogP contribution is 2.21. The molecule has 1 aromatic rings. The number of hydrogen-bond donors (Lipinski definition) is 11. The van der Waals surface area contributed by atoms with Crippen molar-refractivity contribution in [2.24, 2.45) is 35.0 Å². The fraction of sp³-hybridized carbons (Fsp3) is 0.591. The second-order valence-corrected chi connectivity index (χ2v) is 17.3. The fourth-order valence-electron chi connectivity index (χ4n) is 7.27. The minimum atomic E-state index is -1.80. The first-order valence-electron chi connectivity index (χ1n) is 22.3. The number of rotatable bonds is 28. The Morgan fingerprint density at radius 1 is 0.676 bits per heavy atom. The summed E-state index contributed by atoms with van der Waals surface area (Å²) >= 11 is 0. The standard InChI is InChI=1S/C44H67N11O13/c1-7-24(6)36(43(67)53-34(22(2)3)37(47)61)54-41(65)30-14-11-17-55(30)44(68)28(18-25-12-9-8-10-13-25)50-39(63)27(19-32(46)59)49-38(62)26(15-16-31(45)58)48-40(64)29(20-56)51-42(66)35(23(4)5)52-33(60)21-57/h8-10,12-13,21-24,26-30,34-36,56H,7,11,14-20H2,1-6H3,(H2,45,58)(H2,46,59)(H2,47,61)(H,48,64)(H,49,62)(H,50,63)(H,51,66)(H,52,60)(H,53,67)(H,54,65)/t24-,26-,27-,28-,29-,30-,34-,35-,36-/m0/s1. The van der Waals surface area contributed by atoms with Crippen LogP contribution in [0.25, 0.3) is 0 Å². The van der Waals surface area contributed by atoms with Crippen LogP contribution < -0.4 is 54.4 Å². The molecule has 0 aromatic heterocycles. The van der Waals surface area contributed by atoms with Gasteiger partial charge >= 0.3 is 0 Å². The van der Waals surface area contributed by atoms with Crippen LogP contribution in [0.2, 0.25) is 0 Å². The number of aliphatic hydroxyl groups is 1. The van der Waals surface area contributed by atoms with Crippen LogP contribution in [-0.2, 0) is 64.0 Å². The molecule has 1 heterocycles. The van der Waals surface area contributed by atoms with Crippen molar-refractivity contribution in [2.75, 3.05) is 13.2 Å². The third-order valence-corrected chi connectivity index (χ3v) is 11.3. The van der Waals surface area contributed by atoms with Crippen LogP contribution in [0, 0.1) is 17.8 Å². The molecule has 68 heavy (non-hydrogen) atoms. The van der Waals surface area contributed by atoms with Crippen molar-refractivity contribution >= 4 is 71.3 Å². The van der Waals surface area contributed by atoms with E-state index in [0.29, 0.717) is 18.4 Å². The average Bonchev–Trinajstić information content (AvgIpc) is 3.78. The summed E-state index contributed by atoms with van der Waals surface area (Å²) in [5.74, 6) is -11.6. The lowest BCUT2D eigenvalue weighted by Gasteiger charge is -2.32. The summed E-state index contributed by atoms with van der Waals surface area (Å²) in [6.07, 6.45) is -1.02. The highest BCUT2D eigenvalue weighted by molar-refractivity contribution is 6.24. The van der Waals surface area contributed by atoms with Gasteiger partial charge in [0.15, 0.2) is 0 Å². The average molecular weight is 958 g/mol. The third kappa shape index (κ3) is 17.7. The summed E-state index contributed by atoms with van der Waals surface area (Å²) in [4.78, 5) is 156. The van der Waals surface area contributed by atoms with E-state index in [-0.39, 0.29) is 31.6 Å². The molecule has 0 bridgehead atoms. The number of nitrogens with two attached hydrogens (primary N) is 3. The Hall–Kier alpha value is -6.98. The monoisotopic (exact) mass is 957 g/mol. The highest BCUT2D eigenvalue weighted by Gasteiger charge is 2.41. The van der Waals surface area contributed by atoms with Gasteiger partial charge in [0.2, 0.25) is 65.4 Å². The number of amides is 11. The van der Waals surface area contributed by atoms with Crippen LogP contribution in [0.4, 0.5) is 0 Å².